The van der Waals surface area contributed by atoms with Crippen LogP contribution in [0.4, 0.5) is 0 Å². The molecule has 1 atom stereocenters. The van der Waals surface area contributed by atoms with E-state index in [2.05, 4.69) is 5.32 Å². The van der Waals surface area contributed by atoms with Crippen molar-refractivity contribution >= 4 is 19.7 Å². The molecule has 1 unspecified atom stereocenters. The highest BCUT2D eigenvalue weighted by molar-refractivity contribution is 7.96. The number of hydrogen-bond acceptors (Lipinski definition) is 6. The maximum Gasteiger partial charge on any atom is 0.186 e. The number of ether oxygens (including phenoxy) is 1. The molecule has 0 amide bonds. The SMILES string of the molecule is COc1ccccc1CNCc1cccc2c1C(S(=O)(=O)c1ccccc1)CS2(=O)=O. The van der Waals surface area contributed by atoms with Gasteiger partial charge in [0.1, 0.15) is 11.0 Å². The number of benzene rings is 3. The van der Waals surface area contributed by atoms with Gasteiger partial charge in [-0.05, 0) is 35.4 Å². The van der Waals surface area contributed by atoms with Gasteiger partial charge in [-0.1, -0.05) is 48.5 Å². The predicted molar refractivity (Wildman–Crippen MR) is 118 cm³/mol. The summed E-state index contributed by atoms with van der Waals surface area (Å²) in [6.07, 6.45) is 0. The molecule has 3 aromatic rings. The number of fused-ring (bicyclic) bond motifs is 1. The van der Waals surface area contributed by atoms with Crippen LogP contribution in [0.25, 0.3) is 0 Å². The van der Waals surface area contributed by atoms with E-state index in [9.17, 15) is 16.8 Å². The highest BCUT2D eigenvalue weighted by Crippen LogP contribution is 2.42. The standard InChI is InChI=1S/C23H23NO5S2/c1-29-20-12-6-5-8-17(20)14-24-15-18-9-7-13-21-23(18)22(16-30(21,25)26)31(27,28)19-10-3-2-4-11-19/h2-13,22,24H,14-16H2,1H3. The number of hydrogen-bond donors (Lipinski definition) is 1. The summed E-state index contributed by atoms with van der Waals surface area (Å²) < 4.78 is 57.5. The minimum Gasteiger partial charge on any atom is -0.496 e. The average Bonchev–Trinajstić information content (AvgIpc) is 3.07. The van der Waals surface area contributed by atoms with Gasteiger partial charge in [-0.25, -0.2) is 16.8 Å². The Bertz CT molecular complexity index is 1300. The van der Waals surface area contributed by atoms with Crippen molar-refractivity contribution in [3.8, 4) is 5.75 Å². The monoisotopic (exact) mass is 457 g/mol. The topological polar surface area (TPSA) is 89.5 Å². The molecule has 1 aliphatic rings. The molecular formula is C23H23NO5S2. The Morgan fingerprint density at radius 1 is 0.903 bits per heavy atom. The molecule has 0 saturated carbocycles. The summed E-state index contributed by atoms with van der Waals surface area (Å²) in [6.45, 7) is 0.827. The second-order valence-electron chi connectivity index (χ2n) is 7.37. The molecule has 6 nitrogen and oxygen atoms in total. The van der Waals surface area contributed by atoms with E-state index in [4.69, 9.17) is 4.74 Å². The zero-order chi connectivity index (χ0) is 22.1. The van der Waals surface area contributed by atoms with Gasteiger partial charge in [0.25, 0.3) is 0 Å². The van der Waals surface area contributed by atoms with Gasteiger partial charge in [0.15, 0.2) is 19.7 Å². The molecule has 31 heavy (non-hydrogen) atoms. The molecule has 4 rings (SSSR count). The van der Waals surface area contributed by atoms with E-state index in [1.54, 1.807) is 37.4 Å². The lowest BCUT2D eigenvalue weighted by Gasteiger charge is -2.16. The van der Waals surface area contributed by atoms with E-state index >= 15 is 0 Å². The van der Waals surface area contributed by atoms with Crippen LogP contribution in [0.5, 0.6) is 5.75 Å². The lowest BCUT2D eigenvalue weighted by Crippen LogP contribution is -2.19. The largest absolute Gasteiger partial charge is 0.496 e. The zero-order valence-corrected chi connectivity index (χ0v) is 18.6. The van der Waals surface area contributed by atoms with Crippen LogP contribution in [-0.2, 0) is 32.8 Å². The third-order valence-electron chi connectivity index (χ3n) is 5.45. The van der Waals surface area contributed by atoms with Crippen molar-refractivity contribution in [2.75, 3.05) is 12.9 Å². The smallest absolute Gasteiger partial charge is 0.186 e. The number of methoxy groups -OCH3 is 1. The first-order valence-corrected chi connectivity index (χ1v) is 13.0. The maximum atomic E-state index is 13.3. The second kappa shape index (κ2) is 8.45. The van der Waals surface area contributed by atoms with Gasteiger partial charge < -0.3 is 10.1 Å². The zero-order valence-electron chi connectivity index (χ0n) is 17.0. The second-order valence-corrected chi connectivity index (χ2v) is 11.5. The Morgan fingerprint density at radius 2 is 1.55 bits per heavy atom. The molecule has 8 heteroatoms. The molecule has 0 aliphatic carbocycles. The first kappa shape index (κ1) is 21.5. The predicted octanol–water partition coefficient (Wildman–Crippen LogP) is 3.29. The third kappa shape index (κ3) is 4.11. The van der Waals surface area contributed by atoms with Crippen molar-refractivity contribution in [1.29, 1.82) is 0 Å². The fourth-order valence-corrected chi connectivity index (χ4v) is 8.37. The molecule has 0 fully saturated rings. The van der Waals surface area contributed by atoms with Crippen LogP contribution in [-0.4, -0.2) is 29.7 Å². The Balaban J connectivity index is 1.67. The van der Waals surface area contributed by atoms with Crippen LogP contribution >= 0.6 is 0 Å². The van der Waals surface area contributed by atoms with Crippen LogP contribution in [0.15, 0.2) is 82.6 Å². The Hall–Kier alpha value is -2.68. The maximum absolute atomic E-state index is 13.3. The van der Waals surface area contributed by atoms with Crippen LogP contribution in [0.3, 0.4) is 0 Å². The summed E-state index contributed by atoms with van der Waals surface area (Å²) in [5, 5.41) is 2.17. The van der Waals surface area contributed by atoms with Gasteiger partial charge in [-0.3, -0.25) is 0 Å². The lowest BCUT2D eigenvalue weighted by atomic mass is 10.0. The summed E-state index contributed by atoms with van der Waals surface area (Å²) >= 11 is 0. The summed E-state index contributed by atoms with van der Waals surface area (Å²) in [5.41, 5.74) is 2.00. The number of para-hydroxylation sites is 1. The van der Waals surface area contributed by atoms with Crippen molar-refractivity contribution in [3.05, 3.63) is 89.5 Å². The quantitative estimate of drug-likeness (QED) is 0.586. The van der Waals surface area contributed by atoms with Gasteiger partial charge in [0.2, 0.25) is 0 Å². The highest BCUT2D eigenvalue weighted by Gasteiger charge is 2.44. The van der Waals surface area contributed by atoms with E-state index in [0.717, 1.165) is 11.3 Å². The van der Waals surface area contributed by atoms with Gasteiger partial charge in [-0.2, -0.15) is 0 Å². The molecule has 0 radical (unpaired) electrons. The van der Waals surface area contributed by atoms with Crippen LogP contribution < -0.4 is 10.1 Å². The van der Waals surface area contributed by atoms with Crippen molar-refractivity contribution in [1.82, 2.24) is 5.32 Å². The fraction of sp³-hybridized carbons (Fsp3) is 0.217. The molecule has 0 bridgehead atoms. The van der Waals surface area contributed by atoms with Crippen LogP contribution in [0.2, 0.25) is 0 Å². The molecule has 1 aliphatic heterocycles. The minimum atomic E-state index is -3.86. The first-order chi connectivity index (χ1) is 14.8. The Labute approximate surface area is 182 Å². The molecule has 1 heterocycles. The van der Waals surface area contributed by atoms with Crippen molar-refractivity contribution in [2.45, 2.75) is 28.1 Å². The fourth-order valence-electron chi connectivity index (χ4n) is 3.95. The molecule has 1 N–H and O–H groups in total. The van der Waals surface area contributed by atoms with E-state index in [1.165, 1.54) is 18.2 Å². The molecule has 162 valence electrons. The normalized spacial score (nSPS) is 17.3. The van der Waals surface area contributed by atoms with E-state index in [-0.39, 0.29) is 9.79 Å². The Kier molecular flexibility index (Phi) is 5.88. The highest BCUT2D eigenvalue weighted by atomic mass is 32.2. The number of nitrogens with one attached hydrogen (secondary N) is 1. The van der Waals surface area contributed by atoms with E-state index < -0.39 is 30.7 Å². The molecule has 3 aromatic carbocycles. The van der Waals surface area contributed by atoms with Crippen molar-refractivity contribution < 1.29 is 21.6 Å². The summed E-state index contributed by atoms with van der Waals surface area (Å²) in [5.74, 6) is 0.309. The van der Waals surface area contributed by atoms with E-state index in [1.807, 2.05) is 24.3 Å². The number of rotatable bonds is 7. The molecule has 0 aromatic heterocycles. The molecule has 0 spiro atoms. The first-order valence-electron chi connectivity index (χ1n) is 9.80. The number of sulfone groups is 2. The van der Waals surface area contributed by atoms with Gasteiger partial charge in [-0.15, -0.1) is 0 Å². The summed E-state index contributed by atoms with van der Waals surface area (Å²) in [6, 6.07) is 20.5. The van der Waals surface area contributed by atoms with E-state index in [0.29, 0.717) is 24.2 Å². The summed E-state index contributed by atoms with van der Waals surface area (Å²) in [4.78, 5) is 0.230. The van der Waals surface area contributed by atoms with Crippen molar-refractivity contribution in [3.63, 3.8) is 0 Å². The van der Waals surface area contributed by atoms with Crippen LogP contribution in [0, 0.1) is 0 Å². The Morgan fingerprint density at radius 3 is 2.29 bits per heavy atom. The van der Waals surface area contributed by atoms with Crippen LogP contribution in [0.1, 0.15) is 21.9 Å². The third-order valence-corrected chi connectivity index (χ3v) is 9.54. The van der Waals surface area contributed by atoms with Gasteiger partial charge >= 0.3 is 0 Å². The average molecular weight is 458 g/mol. The van der Waals surface area contributed by atoms with Gasteiger partial charge in [0, 0.05) is 18.7 Å². The minimum absolute atomic E-state index is 0.105. The lowest BCUT2D eigenvalue weighted by molar-refractivity contribution is 0.407. The van der Waals surface area contributed by atoms with Gasteiger partial charge in [0.05, 0.1) is 22.7 Å². The van der Waals surface area contributed by atoms with Crippen molar-refractivity contribution in [2.24, 2.45) is 0 Å². The molecular weight excluding hydrogens is 434 g/mol. The molecule has 0 saturated heterocycles. The summed E-state index contributed by atoms with van der Waals surface area (Å²) in [7, 11) is -5.94.